The molecule has 0 saturated carbocycles. The zero-order chi connectivity index (χ0) is 17.8. The van der Waals surface area contributed by atoms with E-state index in [4.69, 9.17) is 4.74 Å². The zero-order valence-corrected chi connectivity index (χ0v) is 14.9. The van der Waals surface area contributed by atoms with Crippen molar-refractivity contribution in [1.29, 1.82) is 0 Å². The predicted molar refractivity (Wildman–Crippen MR) is 102 cm³/mol. The van der Waals surface area contributed by atoms with Gasteiger partial charge in [0.2, 0.25) is 0 Å². The molecule has 1 aliphatic rings. The lowest BCUT2D eigenvalue weighted by atomic mass is 10.1. The van der Waals surface area contributed by atoms with Crippen molar-refractivity contribution in [2.24, 2.45) is 0 Å². The van der Waals surface area contributed by atoms with Gasteiger partial charge in [0.15, 0.2) is 5.82 Å². The highest BCUT2D eigenvalue weighted by molar-refractivity contribution is 5.88. The van der Waals surface area contributed by atoms with Crippen LogP contribution in [0, 0.1) is 0 Å². The van der Waals surface area contributed by atoms with Gasteiger partial charge in [0.1, 0.15) is 11.3 Å². The molecule has 4 heterocycles. The van der Waals surface area contributed by atoms with Gasteiger partial charge >= 0.3 is 0 Å². The minimum Gasteiger partial charge on any atom is -0.380 e. The SMILES string of the molecule is CNc1nc(-c2ccc(N3CCCCOCC3)nc2)cc2nccnc12. The fourth-order valence-corrected chi connectivity index (χ4v) is 3.14. The van der Waals surface area contributed by atoms with E-state index in [9.17, 15) is 0 Å². The first kappa shape index (κ1) is 16.7. The zero-order valence-electron chi connectivity index (χ0n) is 14.9. The lowest BCUT2D eigenvalue weighted by Gasteiger charge is -2.25. The molecule has 0 atom stereocenters. The minimum atomic E-state index is 0.718. The number of nitrogens with zero attached hydrogens (tertiary/aromatic N) is 5. The van der Waals surface area contributed by atoms with Crippen LogP contribution in [0.2, 0.25) is 0 Å². The van der Waals surface area contributed by atoms with Crippen LogP contribution in [0.1, 0.15) is 12.8 Å². The largest absolute Gasteiger partial charge is 0.380 e. The number of pyridine rings is 2. The van der Waals surface area contributed by atoms with Gasteiger partial charge in [-0.3, -0.25) is 4.98 Å². The molecule has 0 radical (unpaired) electrons. The highest BCUT2D eigenvalue weighted by Crippen LogP contribution is 2.26. The molecule has 0 aromatic carbocycles. The van der Waals surface area contributed by atoms with Gasteiger partial charge in [-0.15, -0.1) is 0 Å². The van der Waals surface area contributed by atoms with Crippen LogP contribution in [0.25, 0.3) is 22.3 Å². The Balaban J connectivity index is 1.63. The number of hydrogen-bond donors (Lipinski definition) is 1. The van der Waals surface area contributed by atoms with Gasteiger partial charge < -0.3 is 15.0 Å². The van der Waals surface area contributed by atoms with Crippen LogP contribution in [-0.4, -0.2) is 53.3 Å². The second-order valence-electron chi connectivity index (χ2n) is 6.24. The molecule has 0 unspecified atom stereocenters. The van der Waals surface area contributed by atoms with E-state index in [1.807, 2.05) is 19.3 Å². The summed E-state index contributed by atoms with van der Waals surface area (Å²) in [5.41, 5.74) is 3.37. The molecule has 4 rings (SSSR count). The summed E-state index contributed by atoms with van der Waals surface area (Å²) in [6, 6.07) is 6.06. The number of anilines is 2. The lowest BCUT2D eigenvalue weighted by Crippen LogP contribution is -2.31. The first-order valence-electron chi connectivity index (χ1n) is 8.94. The Labute approximate surface area is 152 Å². The molecular formula is C19H22N6O. The molecule has 0 spiro atoms. The molecule has 1 N–H and O–H groups in total. The molecule has 3 aromatic heterocycles. The van der Waals surface area contributed by atoms with Crippen molar-refractivity contribution < 1.29 is 4.74 Å². The molecule has 7 heteroatoms. The average molecular weight is 350 g/mol. The van der Waals surface area contributed by atoms with E-state index in [1.165, 1.54) is 0 Å². The van der Waals surface area contributed by atoms with Gasteiger partial charge in [0.25, 0.3) is 0 Å². The van der Waals surface area contributed by atoms with E-state index in [0.717, 1.165) is 73.1 Å². The molecular weight excluding hydrogens is 328 g/mol. The first-order chi connectivity index (χ1) is 12.8. The smallest absolute Gasteiger partial charge is 0.154 e. The number of rotatable bonds is 3. The highest BCUT2D eigenvalue weighted by atomic mass is 16.5. The van der Waals surface area contributed by atoms with E-state index >= 15 is 0 Å². The summed E-state index contributed by atoms with van der Waals surface area (Å²) in [5.74, 6) is 1.70. The van der Waals surface area contributed by atoms with E-state index in [-0.39, 0.29) is 0 Å². The second-order valence-corrected chi connectivity index (χ2v) is 6.24. The van der Waals surface area contributed by atoms with Crippen molar-refractivity contribution in [3.63, 3.8) is 0 Å². The van der Waals surface area contributed by atoms with Crippen LogP contribution in [0.3, 0.4) is 0 Å². The maximum absolute atomic E-state index is 5.59. The Morgan fingerprint density at radius 3 is 2.81 bits per heavy atom. The third-order valence-electron chi connectivity index (χ3n) is 4.53. The summed E-state index contributed by atoms with van der Waals surface area (Å²) < 4.78 is 5.59. The number of aromatic nitrogens is 4. The summed E-state index contributed by atoms with van der Waals surface area (Å²) in [5, 5.41) is 3.10. The standard InChI is InChI=1S/C19H22N6O/c1-20-19-18-16(21-6-7-22-18)12-15(24-19)14-4-5-17(23-13-14)25-8-2-3-10-26-11-9-25/h4-7,12-13H,2-3,8-11H2,1H3,(H,20,24). The van der Waals surface area contributed by atoms with Crippen LogP contribution in [0.5, 0.6) is 0 Å². The molecule has 0 amide bonds. The number of hydrogen-bond acceptors (Lipinski definition) is 7. The van der Waals surface area contributed by atoms with Crippen molar-refractivity contribution >= 4 is 22.7 Å². The summed E-state index contributed by atoms with van der Waals surface area (Å²) >= 11 is 0. The van der Waals surface area contributed by atoms with Crippen molar-refractivity contribution in [1.82, 2.24) is 19.9 Å². The molecule has 26 heavy (non-hydrogen) atoms. The highest BCUT2D eigenvalue weighted by Gasteiger charge is 2.12. The van der Waals surface area contributed by atoms with Crippen molar-refractivity contribution in [2.45, 2.75) is 12.8 Å². The third kappa shape index (κ3) is 3.43. The van der Waals surface area contributed by atoms with E-state index in [1.54, 1.807) is 12.4 Å². The van der Waals surface area contributed by atoms with Crippen LogP contribution in [0.4, 0.5) is 11.6 Å². The topological polar surface area (TPSA) is 76.1 Å². The Morgan fingerprint density at radius 1 is 1.04 bits per heavy atom. The van der Waals surface area contributed by atoms with Crippen LogP contribution < -0.4 is 10.2 Å². The second kappa shape index (κ2) is 7.61. The Morgan fingerprint density at radius 2 is 1.96 bits per heavy atom. The van der Waals surface area contributed by atoms with Gasteiger partial charge in [-0.2, -0.15) is 0 Å². The molecule has 0 bridgehead atoms. The minimum absolute atomic E-state index is 0.718. The quantitative estimate of drug-likeness (QED) is 0.778. The maximum Gasteiger partial charge on any atom is 0.154 e. The number of nitrogens with one attached hydrogen (secondary N) is 1. The molecule has 1 fully saturated rings. The monoisotopic (exact) mass is 350 g/mol. The van der Waals surface area contributed by atoms with E-state index in [0.29, 0.717) is 0 Å². The number of fused-ring (bicyclic) bond motifs is 1. The van der Waals surface area contributed by atoms with Gasteiger partial charge in [-0.25, -0.2) is 15.0 Å². The fraction of sp³-hybridized carbons (Fsp3) is 0.368. The fourth-order valence-electron chi connectivity index (χ4n) is 3.14. The van der Waals surface area contributed by atoms with Crippen LogP contribution in [0.15, 0.2) is 36.8 Å². The maximum atomic E-state index is 5.59. The van der Waals surface area contributed by atoms with Crippen molar-refractivity contribution in [3.8, 4) is 11.3 Å². The average Bonchev–Trinajstić information content (AvgIpc) is 2.67. The molecule has 0 aliphatic carbocycles. The van der Waals surface area contributed by atoms with Gasteiger partial charge in [-0.1, -0.05) is 0 Å². The normalized spacial score (nSPS) is 15.5. The molecule has 7 nitrogen and oxygen atoms in total. The lowest BCUT2D eigenvalue weighted by molar-refractivity contribution is 0.129. The number of ether oxygens (including phenoxy) is 1. The van der Waals surface area contributed by atoms with Gasteiger partial charge in [-0.05, 0) is 31.0 Å². The Kier molecular flexibility index (Phi) is 4.88. The molecule has 134 valence electrons. The van der Waals surface area contributed by atoms with E-state index in [2.05, 4.69) is 42.3 Å². The molecule has 3 aromatic rings. The predicted octanol–water partition coefficient (Wildman–Crippen LogP) is 2.75. The Hall–Kier alpha value is -2.80. The van der Waals surface area contributed by atoms with Crippen molar-refractivity contribution in [2.75, 3.05) is 43.6 Å². The van der Waals surface area contributed by atoms with Crippen LogP contribution in [-0.2, 0) is 4.74 Å². The summed E-state index contributed by atoms with van der Waals surface area (Å²) in [7, 11) is 1.84. The summed E-state index contributed by atoms with van der Waals surface area (Å²) in [6.07, 6.45) is 7.47. The first-order valence-corrected chi connectivity index (χ1v) is 8.94. The van der Waals surface area contributed by atoms with Crippen LogP contribution >= 0.6 is 0 Å². The molecule has 1 aliphatic heterocycles. The van der Waals surface area contributed by atoms with Gasteiger partial charge in [0, 0.05) is 50.9 Å². The summed E-state index contributed by atoms with van der Waals surface area (Å²) in [4.78, 5) is 20.4. The Bertz CT molecular complexity index is 875. The third-order valence-corrected chi connectivity index (χ3v) is 4.53. The van der Waals surface area contributed by atoms with Gasteiger partial charge in [0.05, 0.1) is 17.8 Å². The van der Waals surface area contributed by atoms with Crippen molar-refractivity contribution in [3.05, 3.63) is 36.8 Å². The molecule has 1 saturated heterocycles. The summed E-state index contributed by atoms with van der Waals surface area (Å²) in [6.45, 7) is 3.51. The van der Waals surface area contributed by atoms with E-state index < -0.39 is 0 Å².